The Balaban J connectivity index is 2.28. The van der Waals surface area contributed by atoms with Crippen molar-refractivity contribution in [2.75, 3.05) is 6.61 Å². The fourth-order valence-electron chi connectivity index (χ4n) is 2.92. The maximum Gasteiger partial charge on any atom is 0.307 e. The molecule has 1 unspecified atom stereocenters. The van der Waals surface area contributed by atoms with E-state index in [1.807, 2.05) is 6.92 Å². The molecule has 1 saturated carbocycles. The van der Waals surface area contributed by atoms with Crippen molar-refractivity contribution in [2.45, 2.75) is 77.8 Å². The summed E-state index contributed by atoms with van der Waals surface area (Å²) >= 11 is 0. The van der Waals surface area contributed by atoms with Crippen molar-refractivity contribution in [3.63, 3.8) is 0 Å². The first kappa shape index (κ1) is 15.5. The molecule has 0 aromatic carbocycles. The monoisotopic (exact) mass is 255 g/mol. The molecule has 1 fully saturated rings. The van der Waals surface area contributed by atoms with E-state index in [0.29, 0.717) is 19.1 Å². The van der Waals surface area contributed by atoms with Crippen LogP contribution in [0.2, 0.25) is 0 Å². The van der Waals surface area contributed by atoms with Crippen LogP contribution in [0.25, 0.3) is 0 Å². The number of hydrogen-bond donors (Lipinski definition) is 1. The van der Waals surface area contributed by atoms with Gasteiger partial charge in [-0.2, -0.15) is 0 Å². The summed E-state index contributed by atoms with van der Waals surface area (Å²) in [5, 5.41) is 3.57. The van der Waals surface area contributed by atoms with Gasteiger partial charge < -0.3 is 10.1 Å². The van der Waals surface area contributed by atoms with E-state index in [-0.39, 0.29) is 12.0 Å². The topological polar surface area (TPSA) is 38.3 Å². The summed E-state index contributed by atoms with van der Waals surface area (Å²) in [4.78, 5) is 11.4. The molecule has 1 N–H and O–H groups in total. The molecule has 0 amide bonds. The van der Waals surface area contributed by atoms with Crippen LogP contribution in [0.15, 0.2) is 0 Å². The lowest BCUT2D eigenvalue weighted by molar-refractivity contribution is -0.143. The molecular weight excluding hydrogens is 226 g/mol. The lowest BCUT2D eigenvalue weighted by Gasteiger charge is -2.26. The van der Waals surface area contributed by atoms with Crippen molar-refractivity contribution in [3.8, 4) is 0 Å². The molecule has 3 nitrogen and oxygen atoms in total. The molecule has 0 heterocycles. The van der Waals surface area contributed by atoms with Gasteiger partial charge in [0, 0.05) is 12.1 Å². The standard InChI is InChI=1S/C15H29NO2/c1-4-18-15(17)11-12(2)16-13(3)14-9-7-5-6-8-10-14/h12-14,16H,4-11H2,1-3H3/t12?,13-/m1/s1. The van der Waals surface area contributed by atoms with Crippen LogP contribution in [0.3, 0.4) is 0 Å². The maximum absolute atomic E-state index is 11.4. The molecule has 0 bridgehead atoms. The summed E-state index contributed by atoms with van der Waals surface area (Å²) < 4.78 is 4.98. The third kappa shape index (κ3) is 5.85. The molecule has 1 rings (SSSR count). The smallest absolute Gasteiger partial charge is 0.307 e. The second kappa shape index (κ2) is 8.52. The number of hydrogen-bond acceptors (Lipinski definition) is 3. The lowest BCUT2D eigenvalue weighted by Crippen LogP contribution is -2.40. The molecule has 0 spiro atoms. The van der Waals surface area contributed by atoms with E-state index < -0.39 is 0 Å². The van der Waals surface area contributed by atoms with Gasteiger partial charge in [-0.15, -0.1) is 0 Å². The summed E-state index contributed by atoms with van der Waals surface area (Å²) in [6.45, 7) is 6.66. The van der Waals surface area contributed by atoms with Crippen LogP contribution in [-0.2, 0) is 9.53 Å². The second-order valence-electron chi connectivity index (χ2n) is 5.62. The Morgan fingerprint density at radius 1 is 1.22 bits per heavy atom. The fraction of sp³-hybridized carbons (Fsp3) is 0.933. The summed E-state index contributed by atoms with van der Waals surface area (Å²) in [5.74, 6) is 0.683. The fourth-order valence-corrected chi connectivity index (χ4v) is 2.92. The highest BCUT2D eigenvalue weighted by Gasteiger charge is 2.21. The van der Waals surface area contributed by atoms with Gasteiger partial charge in [-0.25, -0.2) is 0 Å². The Bertz CT molecular complexity index is 235. The zero-order valence-electron chi connectivity index (χ0n) is 12.2. The van der Waals surface area contributed by atoms with Gasteiger partial charge in [0.2, 0.25) is 0 Å². The molecule has 0 saturated heterocycles. The zero-order valence-corrected chi connectivity index (χ0v) is 12.2. The van der Waals surface area contributed by atoms with Gasteiger partial charge in [0.05, 0.1) is 13.0 Å². The van der Waals surface area contributed by atoms with Crippen LogP contribution in [-0.4, -0.2) is 24.7 Å². The molecule has 0 aliphatic heterocycles. The quantitative estimate of drug-likeness (QED) is 0.585. The van der Waals surface area contributed by atoms with E-state index in [1.54, 1.807) is 0 Å². The minimum absolute atomic E-state index is 0.0921. The molecule has 106 valence electrons. The molecule has 18 heavy (non-hydrogen) atoms. The first-order valence-corrected chi connectivity index (χ1v) is 7.55. The number of rotatable bonds is 6. The number of ether oxygens (including phenoxy) is 1. The highest BCUT2D eigenvalue weighted by Crippen LogP contribution is 2.25. The molecule has 1 aliphatic carbocycles. The van der Waals surface area contributed by atoms with Gasteiger partial charge in [-0.1, -0.05) is 25.7 Å². The van der Waals surface area contributed by atoms with Gasteiger partial charge >= 0.3 is 5.97 Å². The van der Waals surface area contributed by atoms with Crippen molar-refractivity contribution in [1.82, 2.24) is 5.32 Å². The van der Waals surface area contributed by atoms with Gasteiger partial charge in [-0.05, 0) is 39.5 Å². The van der Waals surface area contributed by atoms with E-state index in [1.165, 1.54) is 38.5 Å². The van der Waals surface area contributed by atoms with Gasteiger partial charge in [0.25, 0.3) is 0 Å². The minimum atomic E-state index is -0.0921. The molecule has 2 atom stereocenters. The normalized spacial score (nSPS) is 21.1. The average molecular weight is 255 g/mol. The molecule has 3 heteroatoms. The number of carbonyl (C=O) groups excluding carboxylic acids is 1. The SMILES string of the molecule is CCOC(=O)CC(C)N[C@H](C)C1CCCCCC1. The van der Waals surface area contributed by atoms with Crippen molar-refractivity contribution in [3.05, 3.63) is 0 Å². The van der Waals surface area contributed by atoms with E-state index in [9.17, 15) is 4.79 Å². The number of nitrogens with one attached hydrogen (secondary N) is 1. The predicted molar refractivity (Wildman–Crippen MR) is 74.5 cm³/mol. The van der Waals surface area contributed by atoms with Crippen LogP contribution >= 0.6 is 0 Å². The Kier molecular flexibility index (Phi) is 7.33. The van der Waals surface area contributed by atoms with Crippen LogP contribution < -0.4 is 5.32 Å². The van der Waals surface area contributed by atoms with E-state index in [0.717, 1.165) is 5.92 Å². The van der Waals surface area contributed by atoms with Crippen LogP contribution in [0.1, 0.15) is 65.7 Å². The molecule has 0 radical (unpaired) electrons. The van der Waals surface area contributed by atoms with Crippen molar-refractivity contribution >= 4 is 5.97 Å². The number of carbonyl (C=O) groups is 1. The largest absolute Gasteiger partial charge is 0.466 e. The average Bonchev–Trinajstić information content (AvgIpc) is 2.57. The van der Waals surface area contributed by atoms with E-state index >= 15 is 0 Å². The zero-order chi connectivity index (χ0) is 13.4. The minimum Gasteiger partial charge on any atom is -0.466 e. The van der Waals surface area contributed by atoms with E-state index in [4.69, 9.17) is 4.74 Å². The third-order valence-electron chi connectivity index (χ3n) is 3.93. The third-order valence-corrected chi connectivity index (χ3v) is 3.93. The lowest BCUT2D eigenvalue weighted by atomic mass is 9.92. The van der Waals surface area contributed by atoms with Crippen molar-refractivity contribution in [1.29, 1.82) is 0 Å². The van der Waals surface area contributed by atoms with Crippen LogP contribution in [0, 0.1) is 5.92 Å². The molecule has 1 aliphatic rings. The van der Waals surface area contributed by atoms with Crippen molar-refractivity contribution < 1.29 is 9.53 Å². The number of esters is 1. The summed E-state index contributed by atoms with van der Waals surface area (Å²) in [6.07, 6.45) is 8.65. The second-order valence-corrected chi connectivity index (χ2v) is 5.62. The van der Waals surface area contributed by atoms with Gasteiger partial charge in [0.15, 0.2) is 0 Å². The van der Waals surface area contributed by atoms with Crippen LogP contribution in [0.5, 0.6) is 0 Å². The summed E-state index contributed by atoms with van der Waals surface area (Å²) in [5.41, 5.74) is 0. The maximum atomic E-state index is 11.4. The molecule has 0 aromatic heterocycles. The highest BCUT2D eigenvalue weighted by atomic mass is 16.5. The molecular formula is C15H29NO2. The Hall–Kier alpha value is -0.570. The highest BCUT2D eigenvalue weighted by molar-refractivity contribution is 5.70. The Labute approximate surface area is 112 Å². The summed E-state index contributed by atoms with van der Waals surface area (Å²) in [7, 11) is 0. The van der Waals surface area contributed by atoms with Crippen LogP contribution in [0.4, 0.5) is 0 Å². The van der Waals surface area contributed by atoms with E-state index in [2.05, 4.69) is 19.2 Å². The Morgan fingerprint density at radius 2 is 1.83 bits per heavy atom. The Morgan fingerprint density at radius 3 is 2.39 bits per heavy atom. The van der Waals surface area contributed by atoms with Crippen molar-refractivity contribution in [2.24, 2.45) is 5.92 Å². The summed E-state index contributed by atoms with van der Waals surface area (Å²) in [6, 6.07) is 0.717. The van der Waals surface area contributed by atoms with Gasteiger partial charge in [0.1, 0.15) is 0 Å². The van der Waals surface area contributed by atoms with Gasteiger partial charge in [-0.3, -0.25) is 4.79 Å². The molecule has 0 aromatic rings. The predicted octanol–water partition coefficient (Wildman–Crippen LogP) is 3.28. The first-order chi connectivity index (χ1) is 8.63. The first-order valence-electron chi connectivity index (χ1n) is 7.55.